The SMILES string of the molecule is Cc1cccc(C(O)CC(=O)O)c1. The molecule has 0 bridgehead atoms. The van der Waals surface area contributed by atoms with Gasteiger partial charge in [0.25, 0.3) is 0 Å². The third kappa shape index (κ3) is 2.87. The smallest absolute Gasteiger partial charge is 0.306 e. The number of hydrogen-bond acceptors (Lipinski definition) is 2. The Labute approximate surface area is 76.6 Å². The van der Waals surface area contributed by atoms with Crippen LogP contribution in [-0.2, 0) is 4.79 Å². The summed E-state index contributed by atoms with van der Waals surface area (Å²) < 4.78 is 0. The van der Waals surface area contributed by atoms with Crippen molar-refractivity contribution in [1.29, 1.82) is 0 Å². The highest BCUT2D eigenvalue weighted by atomic mass is 16.4. The van der Waals surface area contributed by atoms with Crippen molar-refractivity contribution in [3.63, 3.8) is 0 Å². The molecule has 1 aromatic rings. The van der Waals surface area contributed by atoms with E-state index in [4.69, 9.17) is 5.11 Å². The lowest BCUT2D eigenvalue weighted by atomic mass is 10.0. The van der Waals surface area contributed by atoms with Gasteiger partial charge in [-0.1, -0.05) is 29.8 Å². The second kappa shape index (κ2) is 4.05. The molecule has 3 nitrogen and oxygen atoms in total. The van der Waals surface area contributed by atoms with E-state index in [1.54, 1.807) is 18.2 Å². The average Bonchev–Trinajstić information content (AvgIpc) is 2.03. The van der Waals surface area contributed by atoms with Gasteiger partial charge in [0, 0.05) is 0 Å². The number of aliphatic hydroxyl groups is 1. The molecule has 0 aliphatic rings. The van der Waals surface area contributed by atoms with E-state index in [1.807, 2.05) is 13.0 Å². The molecular weight excluding hydrogens is 168 g/mol. The van der Waals surface area contributed by atoms with Gasteiger partial charge in [-0.3, -0.25) is 4.79 Å². The molecular formula is C10H12O3. The first kappa shape index (κ1) is 9.74. The molecule has 0 spiro atoms. The molecule has 0 amide bonds. The Morgan fingerprint density at radius 2 is 2.23 bits per heavy atom. The van der Waals surface area contributed by atoms with Crippen LogP contribution < -0.4 is 0 Å². The van der Waals surface area contributed by atoms with Gasteiger partial charge in [-0.2, -0.15) is 0 Å². The van der Waals surface area contributed by atoms with Gasteiger partial charge < -0.3 is 10.2 Å². The largest absolute Gasteiger partial charge is 0.481 e. The lowest BCUT2D eigenvalue weighted by Crippen LogP contribution is -2.05. The van der Waals surface area contributed by atoms with Crippen molar-refractivity contribution in [2.24, 2.45) is 0 Å². The highest BCUT2D eigenvalue weighted by Gasteiger charge is 2.11. The van der Waals surface area contributed by atoms with Crippen LogP contribution in [-0.4, -0.2) is 16.2 Å². The van der Waals surface area contributed by atoms with E-state index in [0.29, 0.717) is 5.56 Å². The minimum absolute atomic E-state index is 0.247. The number of aliphatic hydroxyl groups excluding tert-OH is 1. The van der Waals surface area contributed by atoms with Gasteiger partial charge in [0.15, 0.2) is 0 Å². The number of aryl methyl sites for hydroxylation is 1. The average molecular weight is 180 g/mol. The molecule has 0 saturated heterocycles. The highest BCUT2D eigenvalue weighted by Crippen LogP contribution is 2.17. The van der Waals surface area contributed by atoms with Gasteiger partial charge in [-0.25, -0.2) is 0 Å². The van der Waals surface area contributed by atoms with Crippen molar-refractivity contribution in [2.75, 3.05) is 0 Å². The molecule has 1 rings (SSSR count). The second-order valence-corrected chi connectivity index (χ2v) is 3.03. The van der Waals surface area contributed by atoms with E-state index in [1.165, 1.54) is 0 Å². The fourth-order valence-electron chi connectivity index (χ4n) is 1.16. The minimum Gasteiger partial charge on any atom is -0.481 e. The van der Waals surface area contributed by atoms with Crippen LogP contribution in [0.2, 0.25) is 0 Å². The van der Waals surface area contributed by atoms with Gasteiger partial charge >= 0.3 is 5.97 Å². The standard InChI is InChI=1S/C10H12O3/c1-7-3-2-4-8(5-7)9(11)6-10(12)13/h2-5,9,11H,6H2,1H3,(H,12,13). The summed E-state index contributed by atoms with van der Waals surface area (Å²) >= 11 is 0. The summed E-state index contributed by atoms with van der Waals surface area (Å²) in [4.78, 5) is 10.3. The van der Waals surface area contributed by atoms with Crippen molar-refractivity contribution in [3.8, 4) is 0 Å². The van der Waals surface area contributed by atoms with Crippen LogP contribution in [0.3, 0.4) is 0 Å². The highest BCUT2D eigenvalue weighted by molar-refractivity contribution is 5.67. The molecule has 0 aromatic heterocycles. The maximum atomic E-state index is 10.3. The third-order valence-electron chi connectivity index (χ3n) is 1.79. The van der Waals surface area contributed by atoms with Gasteiger partial charge in [0.1, 0.15) is 0 Å². The molecule has 3 heteroatoms. The van der Waals surface area contributed by atoms with Gasteiger partial charge in [0.05, 0.1) is 12.5 Å². The predicted molar refractivity (Wildman–Crippen MR) is 48.4 cm³/mol. The predicted octanol–water partition coefficient (Wildman–Crippen LogP) is 1.50. The molecule has 0 heterocycles. The lowest BCUT2D eigenvalue weighted by molar-refractivity contribution is -0.139. The number of carboxylic acids is 1. The minimum atomic E-state index is -0.992. The Morgan fingerprint density at radius 3 is 2.77 bits per heavy atom. The molecule has 13 heavy (non-hydrogen) atoms. The van der Waals surface area contributed by atoms with Crippen LogP contribution in [0.4, 0.5) is 0 Å². The third-order valence-corrected chi connectivity index (χ3v) is 1.79. The first-order valence-electron chi connectivity index (χ1n) is 4.06. The fraction of sp³-hybridized carbons (Fsp3) is 0.300. The molecule has 0 aliphatic carbocycles. The number of rotatable bonds is 3. The van der Waals surface area contributed by atoms with Crippen LogP contribution in [0, 0.1) is 6.92 Å². The summed E-state index contributed by atoms with van der Waals surface area (Å²) in [6.45, 7) is 1.90. The van der Waals surface area contributed by atoms with E-state index in [2.05, 4.69) is 0 Å². The number of carbonyl (C=O) groups is 1. The Morgan fingerprint density at radius 1 is 1.54 bits per heavy atom. The van der Waals surface area contributed by atoms with Gasteiger partial charge in [-0.15, -0.1) is 0 Å². The second-order valence-electron chi connectivity index (χ2n) is 3.03. The first-order chi connectivity index (χ1) is 6.09. The Balaban J connectivity index is 2.76. The molecule has 70 valence electrons. The molecule has 1 unspecified atom stereocenters. The van der Waals surface area contributed by atoms with Crippen molar-refractivity contribution < 1.29 is 15.0 Å². The zero-order chi connectivity index (χ0) is 9.84. The summed E-state index contributed by atoms with van der Waals surface area (Å²) in [6, 6.07) is 7.21. The van der Waals surface area contributed by atoms with Crippen molar-refractivity contribution in [2.45, 2.75) is 19.4 Å². The van der Waals surface area contributed by atoms with Crippen LogP contribution >= 0.6 is 0 Å². The number of aliphatic carboxylic acids is 1. The fourth-order valence-corrected chi connectivity index (χ4v) is 1.16. The summed E-state index contributed by atoms with van der Waals surface area (Å²) in [5.74, 6) is -0.992. The van der Waals surface area contributed by atoms with Crippen LogP contribution in [0.5, 0.6) is 0 Å². The van der Waals surface area contributed by atoms with E-state index < -0.39 is 12.1 Å². The number of benzene rings is 1. The molecule has 2 N–H and O–H groups in total. The summed E-state index contributed by atoms with van der Waals surface area (Å²) in [6.07, 6.45) is -1.15. The molecule has 1 atom stereocenters. The Bertz CT molecular complexity index is 307. The molecule has 0 fully saturated rings. The normalized spacial score (nSPS) is 12.5. The Kier molecular flexibility index (Phi) is 3.03. The van der Waals surface area contributed by atoms with Crippen molar-refractivity contribution in [1.82, 2.24) is 0 Å². The van der Waals surface area contributed by atoms with E-state index in [9.17, 15) is 9.90 Å². The summed E-state index contributed by atoms with van der Waals surface area (Å²) in [5, 5.41) is 17.9. The Hall–Kier alpha value is -1.35. The van der Waals surface area contributed by atoms with E-state index in [0.717, 1.165) is 5.56 Å². The quantitative estimate of drug-likeness (QED) is 0.741. The number of carboxylic acid groups (broad SMARTS) is 1. The van der Waals surface area contributed by atoms with Gasteiger partial charge in [0.2, 0.25) is 0 Å². The number of hydrogen-bond donors (Lipinski definition) is 2. The first-order valence-corrected chi connectivity index (χ1v) is 4.06. The van der Waals surface area contributed by atoms with Crippen LogP contribution in [0.15, 0.2) is 24.3 Å². The van der Waals surface area contributed by atoms with Gasteiger partial charge in [-0.05, 0) is 12.5 Å². The maximum absolute atomic E-state index is 10.3. The molecule has 0 radical (unpaired) electrons. The van der Waals surface area contributed by atoms with Crippen LogP contribution in [0.1, 0.15) is 23.7 Å². The summed E-state index contributed by atoms with van der Waals surface area (Å²) in [5.41, 5.74) is 1.67. The van der Waals surface area contributed by atoms with Crippen molar-refractivity contribution in [3.05, 3.63) is 35.4 Å². The topological polar surface area (TPSA) is 57.5 Å². The zero-order valence-corrected chi connectivity index (χ0v) is 7.40. The van der Waals surface area contributed by atoms with E-state index in [-0.39, 0.29) is 6.42 Å². The summed E-state index contributed by atoms with van der Waals surface area (Å²) in [7, 11) is 0. The maximum Gasteiger partial charge on any atom is 0.306 e. The molecule has 1 aromatic carbocycles. The molecule has 0 aliphatic heterocycles. The van der Waals surface area contributed by atoms with E-state index >= 15 is 0 Å². The van der Waals surface area contributed by atoms with Crippen LogP contribution in [0.25, 0.3) is 0 Å². The van der Waals surface area contributed by atoms with Crippen molar-refractivity contribution >= 4 is 5.97 Å². The lowest BCUT2D eigenvalue weighted by Gasteiger charge is -2.08. The zero-order valence-electron chi connectivity index (χ0n) is 7.40. The monoisotopic (exact) mass is 180 g/mol. The molecule has 0 saturated carbocycles.